The summed E-state index contributed by atoms with van der Waals surface area (Å²) in [6, 6.07) is 18.4. The molecule has 2 N–H and O–H groups in total. The van der Waals surface area contributed by atoms with E-state index in [9.17, 15) is 14.3 Å². The van der Waals surface area contributed by atoms with E-state index in [2.05, 4.69) is 22.3 Å². The first-order valence-corrected chi connectivity index (χ1v) is 11.0. The van der Waals surface area contributed by atoms with Crippen LogP contribution in [0.3, 0.4) is 0 Å². The summed E-state index contributed by atoms with van der Waals surface area (Å²) in [7, 11) is 0. The number of piperidine rings is 1. The van der Waals surface area contributed by atoms with Crippen molar-refractivity contribution in [1.82, 2.24) is 10.2 Å². The molecule has 0 aliphatic carbocycles. The summed E-state index contributed by atoms with van der Waals surface area (Å²) < 4.78 is 13.9. The number of carbonyl (C=O) groups excluding carboxylic acids is 1. The third kappa shape index (κ3) is 5.14. The van der Waals surface area contributed by atoms with E-state index in [0.29, 0.717) is 17.0 Å². The Morgan fingerprint density at radius 1 is 1.03 bits per heavy atom. The number of aliphatic hydroxyl groups is 1. The molecule has 0 radical (unpaired) electrons. The standard InChI is InChI=1S/C24H25FN2O2S/c25-21-4-2-1-3-20(21)22-9-10-23(30-22)24(29)26-15-17-5-7-18(8-6-17)16-27-13-11-19(28)12-14-27/h1-10,19,28H,11-16H2,(H,26,29). The second-order valence-electron chi connectivity index (χ2n) is 7.65. The Kier molecular flexibility index (Phi) is 6.57. The number of halogens is 1. The molecule has 1 saturated heterocycles. The average molecular weight is 425 g/mol. The van der Waals surface area contributed by atoms with Gasteiger partial charge in [-0.15, -0.1) is 11.3 Å². The number of rotatable bonds is 6. The molecule has 1 amide bonds. The first kappa shape index (κ1) is 20.7. The van der Waals surface area contributed by atoms with Crippen molar-refractivity contribution in [3.05, 3.63) is 82.5 Å². The van der Waals surface area contributed by atoms with E-state index in [0.717, 1.165) is 42.9 Å². The van der Waals surface area contributed by atoms with Crippen LogP contribution in [0.4, 0.5) is 4.39 Å². The summed E-state index contributed by atoms with van der Waals surface area (Å²) >= 11 is 1.29. The van der Waals surface area contributed by atoms with Crippen molar-refractivity contribution in [2.24, 2.45) is 0 Å². The molecular formula is C24H25FN2O2S. The molecule has 156 valence electrons. The molecule has 0 bridgehead atoms. The fraction of sp³-hybridized carbons (Fsp3) is 0.292. The Bertz CT molecular complexity index is 994. The third-order valence-electron chi connectivity index (χ3n) is 5.41. The van der Waals surface area contributed by atoms with Gasteiger partial charge >= 0.3 is 0 Å². The van der Waals surface area contributed by atoms with Crippen LogP contribution in [0.5, 0.6) is 0 Å². The van der Waals surface area contributed by atoms with Crippen molar-refractivity contribution in [3.8, 4) is 10.4 Å². The zero-order chi connectivity index (χ0) is 20.9. The Morgan fingerprint density at radius 3 is 2.47 bits per heavy atom. The van der Waals surface area contributed by atoms with E-state index in [1.54, 1.807) is 30.3 Å². The van der Waals surface area contributed by atoms with Crippen LogP contribution in [0, 0.1) is 5.82 Å². The van der Waals surface area contributed by atoms with Gasteiger partial charge in [0, 0.05) is 36.6 Å². The maximum absolute atomic E-state index is 13.9. The number of carbonyl (C=O) groups is 1. The Labute approximate surface area is 180 Å². The molecule has 4 rings (SSSR count). The van der Waals surface area contributed by atoms with Crippen LogP contribution < -0.4 is 5.32 Å². The number of nitrogens with zero attached hydrogens (tertiary/aromatic N) is 1. The molecular weight excluding hydrogens is 399 g/mol. The van der Waals surface area contributed by atoms with E-state index >= 15 is 0 Å². The molecule has 4 nitrogen and oxygen atoms in total. The first-order chi connectivity index (χ1) is 14.6. The van der Waals surface area contributed by atoms with E-state index < -0.39 is 0 Å². The summed E-state index contributed by atoms with van der Waals surface area (Å²) in [6.45, 7) is 3.18. The van der Waals surface area contributed by atoms with Crippen molar-refractivity contribution in [2.75, 3.05) is 13.1 Å². The predicted molar refractivity (Wildman–Crippen MR) is 118 cm³/mol. The quantitative estimate of drug-likeness (QED) is 0.615. The molecule has 30 heavy (non-hydrogen) atoms. The number of thiophene rings is 1. The van der Waals surface area contributed by atoms with Gasteiger partial charge in [0.05, 0.1) is 11.0 Å². The normalized spacial score (nSPS) is 15.3. The first-order valence-electron chi connectivity index (χ1n) is 10.2. The van der Waals surface area contributed by atoms with Gasteiger partial charge in [-0.2, -0.15) is 0 Å². The number of amides is 1. The SMILES string of the molecule is O=C(NCc1ccc(CN2CCC(O)CC2)cc1)c1ccc(-c2ccccc2F)s1. The highest BCUT2D eigenvalue weighted by Gasteiger charge is 2.17. The van der Waals surface area contributed by atoms with Crippen molar-refractivity contribution in [1.29, 1.82) is 0 Å². The predicted octanol–water partition coefficient (Wildman–Crippen LogP) is 4.44. The monoisotopic (exact) mass is 424 g/mol. The number of likely N-dealkylation sites (tertiary alicyclic amines) is 1. The second kappa shape index (κ2) is 9.51. The van der Waals surface area contributed by atoms with Gasteiger partial charge in [0.1, 0.15) is 5.82 Å². The van der Waals surface area contributed by atoms with Crippen LogP contribution >= 0.6 is 11.3 Å². The zero-order valence-corrected chi connectivity index (χ0v) is 17.5. The maximum atomic E-state index is 13.9. The van der Waals surface area contributed by atoms with Crippen LogP contribution in [0.2, 0.25) is 0 Å². The number of hydrogen-bond acceptors (Lipinski definition) is 4. The van der Waals surface area contributed by atoms with Crippen LogP contribution in [-0.4, -0.2) is 35.1 Å². The van der Waals surface area contributed by atoms with Gasteiger partial charge in [-0.25, -0.2) is 4.39 Å². The molecule has 1 aliphatic heterocycles. The molecule has 0 unspecified atom stereocenters. The number of benzene rings is 2. The van der Waals surface area contributed by atoms with E-state index in [1.807, 2.05) is 12.1 Å². The molecule has 1 fully saturated rings. The lowest BCUT2D eigenvalue weighted by atomic mass is 10.1. The van der Waals surface area contributed by atoms with Gasteiger partial charge < -0.3 is 10.4 Å². The number of nitrogens with one attached hydrogen (secondary N) is 1. The number of aliphatic hydroxyl groups excluding tert-OH is 1. The highest BCUT2D eigenvalue weighted by Crippen LogP contribution is 2.30. The minimum absolute atomic E-state index is 0.154. The maximum Gasteiger partial charge on any atom is 0.261 e. The molecule has 0 atom stereocenters. The molecule has 0 spiro atoms. The summed E-state index contributed by atoms with van der Waals surface area (Å²) in [5.41, 5.74) is 2.78. The van der Waals surface area contributed by atoms with E-state index in [1.165, 1.54) is 23.0 Å². The fourth-order valence-electron chi connectivity index (χ4n) is 3.63. The van der Waals surface area contributed by atoms with Gasteiger partial charge in [0.25, 0.3) is 5.91 Å². The van der Waals surface area contributed by atoms with Crippen LogP contribution in [0.1, 0.15) is 33.6 Å². The van der Waals surface area contributed by atoms with E-state index in [4.69, 9.17) is 0 Å². The van der Waals surface area contributed by atoms with Crippen LogP contribution in [0.15, 0.2) is 60.7 Å². The summed E-state index contributed by atoms with van der Waals surface area (Å²) in [5, 5.41) is 12.5. The van der Waals surface area contributed by atoms with Crippen molar-refractivity contribution in [2.45, 2.75) is 32.0 Å². The van der Waals surface area contributed by atoms with Gasteiger partial charge in [-0.1, -0.05) is 42.5 Å². The Morgan fingerprint density at radius 2 is 1.73 bits per heavy atom. The summed E-state index contributed by atoms with van der Waals surface area (Å²) in [6.07, 6.45) is 1.52. The number of hydrogen-bond donors (Lipinski definition) is 2. The Hall–Kier alpha value is -2.54. The molecule has 3 aromatic rings. The molecule has 0 saturated carbocycles. The minimum Gasteiger partial charge on any atom is -0.393 e. The van der Waals surface area contributed by atoms with E-state index in [-0.39, 0.29) is 17.8 Å². The Balaban J connectivity index is 1.30. The van der Waals surface area contributed by atoms with Gasteiger partial charge in [0.2, 0.25) is 0 Å². The molecule has 2 aromatic carbocycles. The average Bonchev–Trinajstić information content (AvgIpc) is 3.25. The van der Waals surface area contributed by atoms with Gasteiger partial charge in [0.15, 0.2) is 0 Å². The van der Waals surface area contributed by atoms with Crippen LogP contribution in [0.25, 0.3) is 10.4 Å². The van der Waals surface area contributed by atoms with Crippen molar-refractivity contribution in [3.63, 3.8) is 0 Å². The highest BCUT2D eigenvalue weighted by molar-refractivity contribution is 7.17. The minimum atomic E-state index is -0.285. The molecule has 1 aliphatic rings. The van der Waals surface area contributed by atoms with Crippen molar-refractivity contribution >= 4 is 17.2 Å². The highest BCUT2D eigenvalue weighted by atomic mass is 32.1. The zero-order valence-electron chi connectivity index (χ0n) is 16.7. The lowest BCUT2D eigenvalue weighted by Crippen LogP contribution is -2.35. The largest absolute Gasteiger partial charge is 0.393 e. The summed E-state index contributed by atoms with van der Waals surface area (Å²) in [4.78, 5) is 16.1. The topological polar surface area (TPSA) is 52.6 Å². The van der Waals surface area contributed by atoms with Gasteiger partial charge in [-0.05, 0) is 42.2 Å². The second-order valence-corrected chi connectivity index (χ2v) is 8.73. The van der Waals surface area contributed by atoms with Gasteiger partial charge in [-0.3, -0.25) is 9.69 Å². The molecule has 6 heteroatoms. The lowest BCUT2D eigenvalue weighted by Gasteiger charge is -2.29. The van der Waals surface area contributed by atoms with Crippen LogP contribution in [-0.2, 0) is 13.1 Å². The smallest absolute Gasteiger partial charge is 0.261 e. The lowest BCUT2D eigenvalue weighted by molar-refractivity contribution is 0.0792. The fourth-order valence-corrected chi connectivity index (χ4v) is 4.58. The molecule has 2 heterocycles. The molecule has 1 aromatic heterocycles. The van der Waals surface area contributed by atoms with Crippen molar-refractivity contribution < 1.29 is 14.3 Å². The third-order valence-corrected chi connectivity index (χ3v) is 6.53. The summed E-state index contributed by atoms with van der Waals surface area (Å²) in [5.74, 6) is -0.439.